The third-order valence-corrected chi connectivity index (χ3v) is 9.08. The Hall–Kier alpha value is -5.64. The van der Waals surface area contributed by atoms with Gasteiger partial charge in [0.15, 0.2) is 0 Å². The molecule has 7 rings (SSSR count). The number of nitrogens with zero attached hydrogens (tertiary/aromatic N) is 4. The standard InChI is InChI=1S/C42H46N6O4/c1-25-17-35(47(23-25)39(49)51-41(3,4)5)37-43-21-33(45-37)28-11-9-27(10-12-28)29-13-14-31-20-32(16-15-30(31)19-29)34-22-44-38(46-34)36-18-26(2)24-48(36)40(50)52-42(6,7)8/h9-22,35-36H,23-24H2,1-8H3,(H,43,45)(H,44,46). The molecule has 2 aliphatic heterocycles. The van der Waals surface area contributed by atoms with Crippen molar-refractivity contribution in [3.05, 3.63) is 108 Å². The predicted molar refractivity (Wildman–Crippen MR) is 203 cm³/mol. The number of imidazole rings is 2. The van der Waals surface area contributed by atoms with Crippen LogP contribution in [-0.2, 0) is 9.47 Å². The lowest BCUT2D eigenvalue weighted by molar-refractivity contribution is 0.0222. The second-order valence-corrected chi connectivity index (χ2v) is 15.9. The van der Waals surface area contributed by atoms with Crippen molar-refractivity contribution >= 4 is 23.0 Å². The monoisotopic (exact) mass is 698 g/mol. The Morgan fingerprint density at radius 3 is 1.50 bits per heavy atom. The number of aromatic amines is 2. The van der Waals surface area contributed by atoms with Crippen molar-refractivity contribution in [3.8, 4) is 33.6 Å². The van der Waals surface area contributed by atoms with Crippen LogP contribution >= 0.6 is 0 Å². The van der Waals surface area contributed by atoms with Gasteiger partial charge in [-0.2, -0.15) is 0 Å². The van der Waals surface area contributed by atoms with Crippen LogP contribution in [0.2, 0.25) is 0 Å². The summed E-state index contributed by atoms with van der Waals surface area (Å²) < 4.78 is 11.3. The molecule has 52 heavy (non-hydrogen) atoms. The summed E-state index contributed by atoms with van der Waals surface area (Å²) in [5.41, 5.74) is 7.06. The van der Waals surface area contributed by atoms with Gasteiger partial charge in [0, 0.05) is 18.7 Å². The molecular weight excluding hydrogens is 653 g/mol. The van der Waals surface area contributed by atoms with E-state index < -0.39 is 11.2 Å². The van der Waals surface area contributed by atoms with Crippen LogP contribution in [0.5, 0.6) is 0 Å². The average molecular weight is 699 g/mol. The lowest BCUT2D eigenvalue weighted by Crippen LogP contribution is -2.37. The largest absolute Gasteiger partial charge is 0.444 e. The van der Waals surface area contributed by atoms with Gasteiger partial charge in [-0.3, -0.25) is 9.80 Å². The topological polar surface area (TPSA) is 116 Å². The van der Waals surface area contributed by atoms with E-state index in [1.807, 2.05) is 67.8 Å². The molecule has 5 aromatic rings. The van der Waals surface area contributed by atoms with Gasteiger partial charge in [-0.25, -0.2) is 19.6 Å². The van der Waals surface area contributed by atoms with E-state index >= 15 is 0 Å². The van der Waals surface area contributed by atoms with Crippen molar-refractivity contribution in [2.45, 2.75) is 78.7 Å². The van der Waals surface area contributed by atoms with Gasteiger partial charge in [0.05, 0.1) is 23.8 Å². The minimum Gasteiger partial charge on any atom is -0.444 e. The van der Waals surface area contributed by atoms with Crippen LogP contribution in [0.4, 0.5) is 9.59 Å². The molecule has 0 saturated heterocycles. The van der Waals surface area contributed by atoms with Crippen LogP contribution in [-0.4, -0.2) is 66.2 Å². The van der Waals surface area contributed by atoms with Gasteiger partial charge in [0.1, 0.15) is 34.9 Å². The van der Waals surface area contributed by atoms with E-state index in [1.54, 1.807) is 9.80 Å². The number of H-pyrrole nitrogens is 2. The summed E-state index contributed by atoms with van der Waals surface area (Å²) in [6.45, 7) is 16.3. The molecule has 2 aromatic heterocycles. The highest BCUT2D eigenvalue weighted by Crippen LogP contribution is 2.35. The number of benzene rings is 3. The molecule has 2 atom stereocenters. The molecule has 0 saturated carbocycles. The van der Waals surface area contributed by atoms with Crippen molar-refractivity contribution in [1.29, 1.82) is 0 Å². The third kappa shape index (κ3) is 7.37. The number of aromatic nitrogens is 4. The minimum absolute atomic E-state index is 0.306. The van der Waals surface area contributed by atoms with Crippen LogP contribution in [0.1, 0.15) is 79.1 Å². The fraction of sp³-hybridized carbons (Fsp3) is 0.333. The van der Waals surface area contributed by atoms with Crippen molar-refractivity contribution < 1.29 is 19.1 Å². The Morgan fingerprint density at radius 1 is 0.615 bits per heavy atom. The van der Waals surface area contributed by atoms with Crippen LogP contribution in [0.25, 0.3) is 44.4 Å². The SMILES string of the molecule is CC1=CC(c2ncc(-c3ccc(-c4ccc5cc(-c6cnc(C7C=C(C)CN7C(=O)OC(C)(C)C)[nH]6)ccc5c4)cc3)[nH]2)N(C(=O)OC(C)(C)C)C1. The first-order valence-corrected chi connectivity index (χ1v) is 17.7. The van der Waals surface area contributed by atoms with Gasteiger partial charge in [0.25, 0.3) is 0 Å². The highest BCUT2D eigenvalue weighted by molar-refractivity contribution is 5.90. The summed E-state index contributed by atoms with van der Waals surface area (Å²) in [4.78, 5) is 45.5. The number of rotatable bonds is 5. The van der Waals surface area contributed by atoms with Gasteiger partial charge < -0.3 is 19.4 Å². The van der Waals surface area contributed by atoms with E-state index in [4.69, 9.17) is 9.47 Å². The molecule has 3 aromatic carbocycles. The molecule has 4 heterocycles. The zero-order valence-electron chi connectivity index (χ0n) is 31.1. The first kappa shape index (κ1) is 34.8. The maximum absolute atomic E-state index is 12.9. The zero-order chi connectivity index (χ0) is 36.9. The number of carbonyl (C=O) groups excluding carboxylic acids is 2. The third-order valence-electron chi connectivity index (χ3n) is 9.08. The van der Waals surface area contributed by atoms with E-state index in [9.17, 15) is 9.59 Å². The predicted octanol–water partition coefficient (Wildman–Crippen LogP) is 9.76. The Balaban J connectivity index is 1.05. The maximum atomic E-state index is 12.9. The van der Waals surface area contributed by atoms with E-state index in [0.717, 1.165) is 55.6 Å². The maximum Gasteiger partial charge on any atom is 0.411 e. The van der Waals surface area contributed by atoms with E-state index in [2.05, 4.69) is 92.8 Å². The van der Waals surface area contributed by atoms with Gasteiger partial charge in [-0.05, 0) is 95.0 Å². The zero-order valence-corrected chi connectivity index (χ0v) is 31.1. The molecule has 10 nitrogen and oxygen atoms in total. The summed E-state index contributed by atoms with van der Waals surface area (Å²) in [5.74, 6) is 1.41. The summed E-state index contributed by atoms with van der Waals surface area (Å²) in [6.07, 6.45) is 7.06. The minimum atomic E-state index is -0.576. The second-order valence-electron chi connectivity index (χ2n) is 15.9. The fourth-order valence-electron chi connectivity index (χ4n) is 6.71. The highest BCUT2D eigenvalue weighted by Gasteiger charge is 2.35. The average Bonchev–Trinajstić information content (AvgIpc) is 3.89. The van der Waals surface area contributed by atoms with E-state index in [-0.39, 0.29) is 24.3 Å². The molecule has 2 amide bonds. The van der Waals surface area contributed by atoms with Crippen molar-refractivity contribution in [2.75, 3.05) is 13.1 Å². The summed E-state index contributed by atoms with van der Waals surface area (Å²) in [7, 11) is 0. The lowest BCUT2D eigenvalue weighted by atomic mass is 9.98. The molecule has 0 aliphatic carbocycles. The Kier molecular flexibility index (Phi) is 8.80. The highest BCUT2D eigenvalue weighted by atomic mass is 16.6. The molecule has 268 valence electrons. The van der Waals surface area contributed by atoms with Crippen LogP contribution < -0.4 is 0 Å². The van der Waals surface area contributed by atoms with E-state index in [0.29, 0.717) is 24.7 Å². The Labute approximate surface area is 304 Å². The van der Waals surface area contributed by atoms with Crippen LogP contribution in [0, 0.1) is 0 Å². The Bertz CT molecular complexity index is 2210. The molecule has 10 heteroatoms. The smallest absolute Gasteiger partial charge is 0.411 e. The molecule has 0 bridgehead atoms. The van der Waals surface area contributed by atoms with Crippen molar-refractivity contribution in [3.63, 3.8) is 0 Å². The lowest BCUT2D eigenvalue weighted by Gasteiger charge is -2.27. The first-order chi connectivity index (χ1) is 24.6. The fourth-order valence-corrected chi connectivity index (χ4v) is 6.71. The summed E-state index contributed by atoms with van der Waals surface area (Å²) in [5, 5.41) is 2.24. The molecular formula is C42H46N6O4. The molecule has 0 radical (unpaired) electrons. The number of nitrogens with one attached hydrogen (secondary N) is 2. The molecule has 0 fully saturated rings. The van der Waals surface area contributed by atoms with Crippen LogP contribution in [0.3, 0.4) is 0 Å². The normalized spacial score (nSPS) is 17.8. The molecule has 2 N–H and O–H groups in total. The summed E-state index contributed by atoms with van der Waals surface area (Å²) >= 11 is 0. The molecule has 0 spiro atoms. The quantitative estimate of drug-likeness (QED) is 0.177. The number of hydrogen-bond acceptors (Lipinski definition) is 6. The van der Waals surface area contributed by atoms with Crippen LogP contribution in [0.15, 0.2) is 96.4 Å². The number of fused-ring (bicyclic) bond motifs is 1. The second kappa shape index (κ2) is 13.2. The van der Waals surface area contributed by atoms with Gasteiger partial charge in [0.2, 0.25) is 0 Å². The first-order valence-electron chi connectivity index (χ1n) is 17.7. The van der Waals surface area contributed by atoms with E-state index in [1.165, 1.54) is 0 Å². The number of amides is 2. The van der Waals surface area contributed by atoms with Gasteiger partial charge >= 0.3 is 12.2 Å². The summed E-state index contributed by atoms with van der Waals surface area (Å²) in [6, 6.07) is 20.6. The van der Waals surface area contributed by atoms with Gasteiger partial charge in [-0.1, -0.05) is 71.8 Å². The Morgan fingerprint density at radius 2 is 1.02 bits per heavy atom. The van der Waals surface area contributed by atoms with Crippen molar-refractivity contribution in [1.82, 2.24) is 29.7 Å². The number of hydrogen-bond donors (Lipinski definition) is 2. The molecule has 2 unspecified atom stereocenters. The number of ether oxygens (including phenoxy) is 2. The molecule has 2 aliphatic rings. The number of carbonyl (C=O) groups is 2. The van der Waals surface area contributed by atoms with Gasteiger partial charge in [-0.15, -0.1) is 0 Å². The van der Waals surface area contributed by atoms with Crippen molar-refractivity contribution in [2.24, 2.45) is 0 Å².